The van der Waals surface area contributed by atoms with Crippen molar-refractivity contribution in [2.24, 2.45) is 0 Å². The summed E-state index contributed by atoms with van der Waals surface area (Å²) in [5.41, 5.74) is 1.74. The van der Waals surface area contributed by atoms with Crippen molar-refractivity contribution in [1.82, 2.24) is 5.32 Å². The van der Waals surface area contributed by atoms with E-state index in [1.807, 2.05) is 24.3 Å². The van der Waals surface area contributed by atoms with Crippen molar-refractivity contribution in [2.45, 2.75) is 6.54 Å². The van der Waals surface area contributed by atoms with E-state index in [-0.39, 0.29) is 11.8 Å². The zero-order chi connectivity index (χ0) is 14.5. The van der Waals surface area contributed by atoms with Crippen molar-refractivity contribution in [3.8, 4) is 5.75 Å². The molecule has 0 spiro atoms. The molecule has 2 rings (SSSR count). The molecule has 4 nitrogen and oxygen atoms in total. The zero-order valence-corrected chi connectivity index (χ0v) is 12.6. The van der Waals surface area contributed by atoms with E-state index in [2.05, 4.69) is 21.2 Å². The van der Waals surface area contributed by atoms with Gasteiger partial charge in [0.1, 0.15) is 5.75 Å². The van der Waals surface area contributed by atoms with Crippen LogP contribution in [0.25, 0.3) is 0 Å². The van der Waals surface area contributed by atoms with Gasteiger partial charge < -0.3 is 10.4 Å². The lowest BCUT2D eigenvalue weighted by Crippen LogP contribution is -2.36. The first-order chi connectivity index (χ1) is 9.56. The van der Waals surface area contributed by atoms with Gasteiger partial charge in [-0.1, -0.05) is 28.1 Å². The molecule has 0 aliphatic carbocycles. The Morgan fingerprint density at radius 1 is 1.25 bits per heavy atom. The number of phenols is 1. The SMILES string of the molecule is CN(C(=O)NCc1cccc(Br)c1)c1ccc(O)cc1. The number of anilines is 1. The number of hydrogen-bond donors (Lipinski definition) is 2. The van der Waals surface area contributed by atoms with Crippen molar-refractivity contribution >= 4 is 27.6 Å². The van der Waals surface area contributed by atoms with Gasteiger partial charge in [-0.3, -0.25) is 4.90 Å². The average Bonchev–Trinajstić information content (AvgIpc) is 2.45. The van der Waals surface area contributed by atoms with Crippen LogP contribution in [0.5, 0.6) is 5.75 Å². The number of amides is 2. The van der Waals surface area contributed by atoms with Gasteiger partial charge >= 0.3 is 6.03 Å². The van der Waals surface area contributed by atoms with Gasteiger partial charge in [0, 0.05) is 23.8 Å². The second-order valence-electron chi connectivity index (χ2n) is 4.36. The van der Waals surface area contributed by atoms with Crippen LogP contribution in [0.2, 0.25) is 0 Å². The summed E-state index contributed by atoms with van der Waals surface area (Å²) in [4.78, 5) is 13.5. The van der Waals surface area contributed by atoms with E-state index in [1.165, 1.54) is 4.90 Å². The molecule has 2 aromatic carbocycles. The van der Waals surface area contributed by atoms with E-state index in [4.69, 9.17) is 0 Å². The van der Waals surface area contributed by atoms with Crippen molar-refractivity contribution in [3.63, 3.8) is 0 Å². The van der Waals surface area contributed by atoms with Gasteiger partial charge in [0.05, 0.1) is 0 Å². The molecule has 0 heterocycles. The zero-order valence-electron chi connectivity index (χ0n) is 11.0. The summed E-state index contributed by atoms with van der Waals surface area (Å²) in [5.74, 6) is 0.177. The Hall–Kier alpha value is -2.01. The molecule has 0 aliphatic heterocycles. The predicted octanol–water partition coefficient (Wildman–Crippen LogP) is 3.50. The maximum Gasteiger partial charge on any atom is 0.321 e. The van der Waals surface area contributed by atoms with Crippen LogP contribution >= 0.6 is 15.9 Å². The molecule has 20 heavy (non-hydrogen) atoms. The van der Waals surface area contributed by atoms with Crippen LogP contribution in [0.3, 0.4) is 0 Å². The molecular weight excluding hydrogens is 320 g/mol. The Morgan fingerprint density at radius 3 is 2.60 bits per heavy atom. The number of nitrogens with one attached hydrogen (secondary N) is 1. The van der Waals surface area contributed by atoms with Gasteiger partial charge in [-0.15, -0.1) is 0 Å². The Balaban J connectivity index is 1.96. The molecule has 0 aromatic heterocycles. The third-order valence-corrected chi connectivity index (χ3v) is 3.37. The summed E-state index contributed by atoms with van der Waals surface area (Å²) in [7, 11) is 1.68. The van der Waals surface area contributed by atoms with Gasteiger partial charge in [-0.2, -0.15) is 0 Å². The van der Waals surface area contributed by atoms with Crippen LogP contribution in [0.15, 0.2) is 53.0 Å². The molecule has 5 heteroatoms. The molecule has 0 saturated carbocycles. The highest BCUT2D eigenvalue weighted by molar-refractivity contribution is 9.10. The molecule has 0 saturated heterocycles. The first kappa shape index (κ1) is 14.4. The largest absolute Gasteiger partial charge is 0.508 e. The van der Waals surface area contributed by atoms with E-state index in [0.29, 0.717) is 6.54 Å². The number of hydrogen-bond acceptors (Lipinski definition) is 2. The lowest BCUT2D eigenvalue weighted by Gasteiger charge is -2.18. The number of halogens is 1. The minimum Gasteiger partial charge on any atom is -0.508 e. The number of carbonyl (C=O) groups excluding carboxylic acids is 1. The standard InChI is InChI=1S/C15H15BrN2O2/c1-18(13-5-7-14(19)8-6-13)15(20)17-10-11-3-2-4-12(16)9-11/h2-9,19H,10H2,1H3,(H,17,20). The Bertz CT molecular complexity index is 599. The monoisotopic (exact) mass is 334 g/mol. The van der Waals surface area contributed by atoms with Crippen LogP contribution in [-0.4, -0.2) is 18.2 Å². The lowest BCUT2D eigenvalue weighted by molar-refractivity contribution is 0.247. The second-order valence-corrected chi connectivity index (χ2v) is 5.28. The van der Waals surface area contributed by atoms with Gasteiger partial charge in [-0.05, 0) is 42.0 Å². The number of rotatable bonds is 3. The molecule has 104 valence electrons. The van der Waals surface area contributed by atoms with Gasteiger partial charge in [0.2, 0.25) is 0 Å². The van der Waals surface area contributed by atoms with E-state index >= 15 is 0 Å². The van der Waals surface area contributed by atoms with E-state index in [9.17, 15) is 9.90 Å². The Labute approximate surface area is 126 Å². The third-order valence-electron chi connectivity index (χ3n) is 2.87. The second kappa shape index (κ2) is 6.43. The summed E-state index contributed by atoms with van der Waals surface area (Å²) in [6.07, 6.45) is 0. The summed E-state index contributed by atoms with van der Waals surface area (Å²) < 4.78 is 0.983. The summed E-state index contributed by atoms with van der Waals surface area (Å²) in [6, 6.07) is 14.1. The normalized spacial score (nSPS) is 10.1. The molecule has 0 bridgehead atoms. The molecule has 0 aliphatic rings. The highest BCUT2D eigenvalue weighted by Gasteiger charge is 2.10. The molecule has 2 N–H and O–H groups in total. The molecular formula is C15H15BrN2O2. The van der Waals surface area contributed by atoms with Crippen LogP contribution in [0.1, 0.15) is 5.56 Å². The van der Waals surface area contributed by atoms with Crippen molar-refractivity contribution in [3.05, 3.63) is 58.6 Å². The quantitative estimate of drug-likeness (QED) is 0.902. The number of nitrogens with zero attached hydrogens (tertiary/aromatic N) is 1. The maximum absolute atomic E-state index is 12.0. The first-order valence-corrected chi connectivity index (χ1v) is 6.90. The smallest absolute Gasteiger partial charge is 0.321 e. The van der Waals surface area contributed by atoms with E-state index in [0.717, 1.165) is 15.7 Å². The fourth-order valence-electron chi connectivity index (χ4n) is 1.74. The molecule has 0 fully saturated rings. The predicted molar refractivity (Wildman–Crippen MR) is 82.9 cm³/mol. The van der Waals surface area contributed by atoms with Crippen molar-refractivity contribution in [1.29, 1.82) is 0 Å². The highest BCUT2D eigenvalue weighted by atomic mass is 79.9. The minimum atomic E-state index is -0.198. The molecule has 0 atom stereocenters. The fourth-order valence-corrected chi connectivity index (χ4v) is 2.18. The highest BCUT2D eigenvalue weighted by Crippen LogP contribution is 2.17. The lowest BCUT2D eigenvalue weighted by atomic mass is 10.2. The van der Waals surface area contributed by atoms with Crippen molar-refractivity contribution < 1.29 is 9.90 Å². The Morgan fingerprint density at radius 2 is 1.95 bits per heavy atom. The molecule has 0 unspecified atom stereocenters. The van der Waals surface area contributed by atoms with Crippen LogP contribution in [0.4, 0.5) is 10.5 Å². The van der Waals surface area contributed by atoms with Crippen LogP contribution in [0, 0.1) is 0 Å². The number of phenolic OH excluding ortho intramolecular Hbond substituents is 1. The molecule has 0 radical (unpaired) electrons. The maximum atomic E-state index is 12.0. The number of aromatic hydroxyl groups is 1. The first-order valence-electron chi connectivity index (χ1n) is 6.11. The fraction of sp³-hybridized carbons (Fsp3) is 0.133. The van der Waals surface area contributed by atoms with Gasteiger partial charge in [0.15, 0.2) is 0 Å². The summed E-state index contributed by atoms with van der Waals surface area (Å²) >= 11 is 3.39. The number of urea groups is 1. The third kappa shape index (κ3) is 3.74. The summed E-state index contributed by atoms with van der Waals surface area (Å²) in [5, 5.41) is 12.1. The van der Waals surface area contributed by atoms with Crippen LogP contribution in [-0.2, 0) is 6.54 Å². The van der Waals surface area contributed by atoms with Crippen molar-refractivity contribution in [2.75, 3.05) is 11.9 Å². The Kier molecular flexibility index (Phi) is 4.63. The molecule has 2 aromatic rings. The van der Waals surface area contributed by atoms with Gasteiger partial charge in [-0.25, -0.2) is 4.79 Å². The average molecular weight is 335 g/mol. The van der Waals surface area contributed by atoms with Crippen LogP contribution < -0.4 is 10.2 Å². The minimum absolute atomic E-state index is 0.177. The van der Waals surface area contributed by atoms with Gasteiger partial charge in [0.25, 0.3) is 0 Å². The number of benzene rings is 2. The molecule has 2 amide bonds. The topological polar surface area (TPSA) is 52.6 Å². The number of carbonyl (C=O) groups is 1. The summed E-state index contributed by atoms with van der Waals surface area (Å²) in [6.45, 7) is 0.459. The van der Waals surface area contributed by atoms with E-state index in [1.54, 1.807) is 31.3 Å². The van der Waals surface area contributed by atoms with E-state index < -0.39 is 0 Å².